The molecule has 0 aromatic carbocycles. The summed E-state index contributed by atoms with van der Waals surface area (Å²) in [6, 6.07) is 0. The van der Waals surface area contributed by atoms with E-state index in [1.54, 1.807) is 0 Å². The van der Waals surface area contributed by atoms with E-state index in [9.17, 15) is 9.90 Å². The van der Waals surface area contributed by atoms with E-state index in [0.29, 0.717) is 11.8 Å². The number of likely N-dealkylation sites (tertiary alicyclic amines) is 2. The number of ether oxygens (including phenoxy) is 1. The third-order valence-electron chi connectivity index (χ3n) is 5.00. The van der Waals surface area contributed by atoms with Crippen LogP contribution in [0.4, 0.5) is 4.79 Å². The van der Waals surface area contributed by atoms with E-state index in [0.717, 1.165) is 52.0 Å². The van der Waals surface area contributed by atoms with Crippen LogP contribution in [-0.2, 0) is 4.74 Å². The number of nitrogens with zero attached hydrogens (tertiary/aromatic N) is 2. The first-order valence-electron chi connectivity index (χ1n) is 9.13. The largest absolute Gasteiger partial charge is 0.444 e. The number of amides is 1. The smallest absolute Gasteiger partial charge is 0.410 e. The summed E-state index contributed by atoms with van der Waals surface area (Å²) in [7, 11) is 0. The van der Waals surface area contributed by atoms with Gasteiger partial charge in [0.15, 0.2) is 0 Å². The SMILES string of the molecule is CC(O)C1CCN(CC2CCCN(C(=O)OC(C)(C)C)C2)CC1. The van der Waals surface area contributed by atoms with Crippen molar-refractivity contribution in [3.8, 4) is 0 Å². The molecule has 23 heavy (non-hydrogen) atoms. The quantitative estimate of drug-likeness (QED) is 0.866. The molecule has 0 spiro atoms. The Morgan fingerprint density at radius 2 is 1.87 bits per heavy atom. The number of rotatable bonds is 3. The Bertz CT molecular complexity index is 384. The van der Waals surface area contributed by atoms with Gasteiger partial charge in [-0.05, 0) is 78.3 Å². The molecule has 2 atom stereocenters. The highest BCUT2D eigenvalue weighted by molar-refractivity contribution is 5.68. The summed E-state index contributed by atoms with van der Waals surface area (Å²) in [5.74, 6) is 0.996. The lowest BCUT2D eigenvalue weighted by molar-refractivity contribution is 0.0121. The van der Waals surface area contributed by atoms with Crippen LogP contribution >= 0.6 is 0 Å². The van der Waals surface area contributed by atoms with Crippen molar-refractivity contribution in [2.24, 2.45) is 11.8 Å². The molecule has 2 saturated heterocycles. The normalized spacial score (nSPS) is 26.1. The Hall–Kier alpha value is -0.810. The van der Waals surface area contributed by atoms with E-state index in [1.807, 2.05) is 32.6 Å². The maximum Gasteiger partial charge on any atom is 0.410 e. The van der Waals surface area contributed by atoms with Gasteiger partial charge in [0.05, 0.1) is 6.10 Å². The molecule has 0 bridgehead atoms. The number of aliphatic hydroxyl groups excluding tert-OH is 1. The first-order valence-corrected chi connectivity index (χ1v) is 9.13. The predicted octanol–water partition coefficient (Wildman–Crippen LogP) is 2.73. The van der Waals surface area contributed by atoms with Crippen molar-refractivity contribution in [3.05, 3.63) is 0 Å². The third kappa shape index (κ3) is 5.96. The highest BCUT2D eigenvalue weighted by Crippen LogP contribution is 2.24. The number of carbonyl (C=O) groups is 1. The van der Waals surface area contributed by atoms with Crippen molar-refractivity contribution >= 4 is 6.09 Å². The fourth-order valence-electron chi connectivity index (χ4n) is 3.69. The minimum Gasteiger partial charge on any atom is -0.444 e. The molecule has 1 amide bonds. The lowest BCUT2D eigenvalue weighted by Gasteiger charge is -2.39. The fourth-order valence-corrected chi connectivity index (χ4v) is 3.69. The molecule has 2 aliphatic rings. The van der Waals surface area contributed by atoms with Crippen LogP contribution in [0.1, 0.15) is 53.4 Å². The molecule has 2 fully saturated rings. The Balaban J connectivity index is 1.77. The zero-order chi connectivity index (χ0) is 17.0. The molecule has 2 rings (SSSR count). The van der Waals surface area contributed by atoms with E-state index >= 15 is 0 Å². The summed E-state index contributed by atoms with van der Waals surface area (Å²) in [5, 5.41) is 9.70. The van der Waals surface area contributed by atoms with Gasteiger partial charge in [0.1, 0.15) is 5.60 Å². The van der Waals surface area contributed by atoms with E-state index in [-0.39, 0.29) is 12.2 Å². The zero-order valence-corrected chi connectivity index (χ0v) is 15.3. The van der Waals surface area contributed by atoms with E-state index in [4.69, 9.17) is 4.74 Å². The summed E-state index contributed by atoms with van der Waals surface area (Å²) >= 11 is 0. The monoisotopic (exact) mass is 326 g/mol. The number of carbonyl (C=O) groups excluding carboxylic acids is 1. The van der Waals surface area contributed by atoms with Crippen LogP contribution in [0.15, 0.2) is 0 Å². The van der Waals surface area contributed by atoms with Crippen LogP contribution < -0.4 is 0 Å². The molecular formula is C18H34N2O3. The molecule has 134 valence electrons. The molecular weight excluding hydrogens is 292 g/mol. The lowest BCUT2D eigenvalue weighted by atomic mass is 9.90. The Labute approximate surface area is 141 Å². The van der Waals surface area contributed by atoms with Gasteiger partial charge in [-0.2, -0.15) is 0 Å². The molecule has 2 aliphatic heterocycles. The summed E-state index contributed by atoms with van der Waals surface area (Å²) in [4.78, 5) is 16.6. The van der Waals surface area contributed by atoms with Gasteiger partial charge in [-0.25, -0.2) is 4.79 Å². The standard InChI is InChI=1S/C18H34N2O3/c1-14(21)16-7-10-19(11-8-16)12-15-6-5-9-20(13-15)17(22)23-18(2,3)4/h14-16,21H,5-13H2,1-4H3. The lowest BCUT2D eigenvalue weighted by Crippen LogP contribution is -2.47. The van der Waals surface area contributed by atoms with Gasteiger partial charge in [-0.15, -0.1) is 0 Å². The molecule has 0 radical (unpaired) electrons. The molecule has 2 unspecified atom stereocenters. The fraction of sp³-hybridized carbons (Fsp3) is 0.944. The van der Waals surface area contributed by atoms with Crippen molar-refractivity contribution < 1.29 is 14.6 Å². The van der Waals surface area contributed by atoms with Gasteiger partial charge >= 0.3 is 6.09 Å². The third-order valence-corrected chi connectivity index (χ3v) is 5.00. The second-order valence-electron chi connectivity index (χ2n) is 8.31. The molecule has 1 N–H and O–H groups in total. The van der Waals surface area contributed by atoms with Crippen molar-refractivity contribution in [1.29, 1.82) is 0 Å². The zero-order valence-electron chi connectivity index (χ0n) is 15.3. The first kappa shape index (κ1) is 18.5. The van der Waals surface area contributed by atoms with Crippen LogP contribution in [0.5, 0.6) is 0 Å². The van der Waals surface area contributed by atoms with Gasteiger partial charge in [-0.3, -0.25) is 0 Å². The highest BCUT2D eigenvalue weighted by atomic mass is 16.6. The Morgan fingerprint density at radius 3 is 2.43 bits per heavy atom. The maximum atomic E-state index is 12.2. The molecule has 0 saturated carbocycles. The van der Waals surface area contributed by atoms with E-state index in [1.165, 1.54) is 6.42 Å². The number of hydrogen-bond donors (Lipinski definition) is 1. The average molecular weight is 326 g/mol. The molecule has 0 aromatic rings. The first-order chi connectivity index (χ1) is 10.7. The number of aliphatic hydroxyl groups is 1. The van der Waals surface area contributed by atoms with E-state index in [2.05, 4.69) is 4.90 Å². The van der Waals surface area contributed by atoms with Crippen LogP contribution in [0, 0.1) is 11.8 Å². The maximum absolute atomic E-state index is 12.2. The number of hydrogen-bond acceptors (Lipinski definition) is 4. The molecule has 0 aliphatic carbocycles. The summed E-state index contributed by atoms with van der Waals surface area (Å²) in [6.45, 7) is 12.5. The highest BCUT2D eigenvalue weighted by Gasteiger charge is 2.30. The topological polar surface area (TPSA) is 53.0 Å². The van der Waals surface area contributed by atoms with Crippen LogP contribution in [0.3, 0.4) is 0 Å². The van der Waals surface area contributed by atoms with Crippen molar-refractivity contribution in [2.45, 2.75) is 65.1 Å². The molecule has 2 heterocycles. The second kappa shape index (κ2) is 7.84. The van der Waals surface area contributed by atoms with Crippen LogP contribution in [-0.4, -0.2) is 65.4 Å². The van der Waals surface area contributed by atoms with Gasteiger partial charge < -0.3 is 19.6 Å². The Kier molecular flexibility index (Phi) is 6.32. The van der Waals surface area contributed by atoms with Gasteiger partial charge in [0.25, 0.3) is 0 Å². The van der Waals surface area contributed by atoms with Gasteiger partial charge in [0, 0.05) is 19.6 Å². The van der Waals surface area contributed by atoms with Crippen LogP contribution in [0.2, 0.25) is 0 Å². The summed E-state index contributed by atoms with van der Waals surface area (Å²) in [6.07, 6.45) is 4.06. The van der Waals surface area contributed by atoms with Crippen LogP contribution in [0.25, 0.3) is 0 Å². The summed E-state index contributed by atoms with van der Waals surface area (Å²) in [5.41, 5.74) is -0.424. The number of piperidine rings is 2. The molecule has 5 heteroatoms. The molecule has 0 aromatic heterocycles. The molecule has 5 nitrogen and oxygen atoms in total. The van der Waals surface area contributed by atoms with E-state index < -0.39 is 5.60 Å². The summed E-state index contributed by atoms with van der Waals surface area (Å²) < 4.78 is 5.50. The predicted molar refractivity (Wildman–Crippen MR) is 91.4 cm³/mol. The minimum absolute atomic E-state index is 0.171. The van der Waals surface area contributed by atoms with Crippen molar-refractivity contribution in [2.75, 3.05) is 32.7 Å². The van der Waals surface area contributed by atoms with Gasteiger partial charge in [0.2, 0.25) is 0 Å². The van der Waals surface area contributed by atoms with Crippen molar-refractivity contribution in [1.82, 2.24) is 9.80 Å². The Morgan fingerprint density at radius 1 is 1.22 bits per heavy atom. The average Bonchev–Trinajstić information content (AvgIpc) is 2.46. The minimum atomic E-state index is -0.424. The van der Waals surface area contributed by atoms with Crippen molar-refractivity contribution in [3.63, 3.8) is 0 Å². The second-order valence-corrected chi connectivity index (χ2v) is 8.31. The van der Waals surface area contributed by atoms with Gasteiger partial charge in [-0.1, -0.05) is 0 Å².